The Morgan fingerprint density at radius 1 is 1.10 bits per heavy atom. The molecule has 0 unspecified atom stereocenters. The minimum Gasteiger partial charge on any atom is -0.479 e. The SMILES string of the molecule is N#CCOc1ccc([C@H]2CCCc3ccccc32)cc1. The summed E-state index contributed by atoms with van der Waals surface area (Å²) in [5.74, 6) is 1.25. The normalized spacial score (nSPS) is 17.1. The molecule has 0 aromatic heterocycles. The summed E-state index contributed by atoms with van der Waals surface area (Å²) in [6.45, 7) is 0.103. The molecule has 2 aromatic carbocycles. The Balaban J connectivity index is 1.85. The molecule has 0 bridgehead atoms. The fraction of sp³-hybridized carbons (Fsp3) is 0.278. The van der Waals surface area contributed by atoms with Gasteiger partial charge in [0.2, 0.25) is 0 Å². The molecule has 0 fully saturated rings. The molecule has 2 nitrogen and oxygen atoms in total. The molecule has 2 aromatic rings. The molecule has 1 aliphatic rings. The van der Waals surface area contributed by atoms with Gasteiger partial charge in [-0.1, -0.05) is 36.4 Å². The van der Waals surface area contributed by atoms with E-state index in [4.69, 9.17) is 10.00 Å². The first-order chi connectivity index (χ1) is 9.88. The van der Waals surface area contributed by atoms with E-state index in [2.05, 4.69) is 36.4 Å². The van der Waals surface area contributed by atoms with Crippen LogP contribution in [-0.4, -0.2) is 6.61 Å². The predicted molar refractivity (Wildman–Crippen MR) is 78.8 cm³/mol. The van der Waals surface area contributed by atoms with Gasteiger partial charge in [0.05, 0.1) is 0 Å². The van der Waals surface area contributed by atoms with Crippen molar-refractivity contribution in [3.05, 3.63) is 65.2 Å². The molecule has 2 heteroatoms. The van der Waals surface area contributed by atoms with Gasteiger partial charge in [-0.15, -0.1) is 0 Å². The van der Waals surface area contributed by atoms with Crippen LogP contribution in [0.2, 0.25) is 0 Å². The number of rotatable bonds is 3. The van der Waals surface area contributed by atoms with Crippen molar-refractivity contribution in [1.29, 1.82) is 5.26 Å². The zero-order chi connectivity index (χ0) is 13.8. The highest BCUT2D eigenvalue weighted by Gasteiger charge is 2.21. The molecule has 3 rings (SSSR count). The van der Waals surface area contributed by atoms with E-state index in [-0.39, 0.29) is 6.61 Å². The minimum atomic E-state index is 0.103. The van der Waals surface area contributed by atoms with Gasteiger partial charge in [0.1, 0.15) is 11.8 Å². The number of hydrogen-bond donors (Lipinski definition) is 0. The Hall–Kier alpha value is -2.27. The first-order valence-electron chi connectivity index (χ1n) is 7.06. The molecule has 1 aliphatic carbocycles. The Morgan fingerprint density at radius 2 is 1.90 bits per heavy atom. The summed E-state index contributed by atoms with van der Waals surface area (Å²) in [7, 11) is 0. The van der Waals surface area contributed by atoms with Crippen molar-refractivity contribution < 1.29 is 4.74 Å². The maximum absolute atomic E-state index is 8.52. The van der Waals surface area contributed by atoms with E-state index >= 15 is 0 Å². The third-order valence-corrected chi connectivity index (χ3v) is 3.96. The lowest BCUT2D eigenvalue weighted by molar-refractivity contribution is 0.368. The van der Waals surface area contributed by atoms with E-state index in [0.717, 1.165) is 5.75 Å². The second-order valence-electron chi connectivity index (χ2n) is 5.16. The summed E-state index contributed by atoms with van der Waals surface area (Å²) in [5.41, 5.74) is 4.28. The van der Waals surface area contributed by atoms with Crippen LogP contribution in [0.25, 0.3) is 0 Å². The van der Waals surface area contributed by atoms with Gasteiger partial charge in [0.15, 0.2) is 6.61 Å². The van der Waals surface area contributed by atoms with Crippen molar-refractivity contribution in [3.8, 4) is 11.8 Å². The van der Waals surface area contributed by atoms with Crippen molar-refractivity contribution in [1.82, 2.24) is 0 Å². The van der Waals surface area contributed by atoms with Crippen LogP contribution in [0.1, 0.15) is 35.4 Å². The Labute approximate surface area is 119 Å². The summed E-state index contributed by atoms with van der Waals surface area (Å²) in [6.07, 6.45) is 3.64. The zero-order valence-electron chi connectivity index (χ0n) is 11.4. The van der Waals surface area contributed by atoms with Crippen LogP contribution in [0.3, 0.4) is 0 Å². The van der Waals surface area contributed by atoms with Crippen molar-refractivity contribution in [2.45, 2.75) is 25.2 Å². The molecule has 0 radical (unpaired) electrons. The number of fused-ring (bicyclic) bond motifs is 1. The summed E-state index contributed by atoms with van der Waals surface area (Å²) in [6, 6.07) is 18.9. The van der Waals surface area contributed by atoms with Crippen molar-refractivity contribution >= 4 is 0 Å². The average molecular weight is 263 g/mol. The maximum Gasteiger partial charge on any atom is 0.174 e. The van der Waals surface area contributed by atoms with Gasteiger partial charge in [0, 0.05) is 5.92 Å². The highest BCUT2D eigenvalue weighted by atomic mass is 16.5. The van der Waals surface area contributed by atoms with Gasteiger partial charge in [-0.2, -0.15) is 5.26 Å². The Bertz CT molecular complexity index is 625. The molecule has 20 heavy (non-hydrogen) atoms. The molecule has 0 saturated heterocycles. The second-order valence-corrected chi connectivity index (χ2v) is 5.16. The molecule has 0 spiro atoms. The van der Waals surface area contributed by atoms with E-state index in [1.165, 1.54) is 36.0 Å². The van der Waals surface area contributed by atoms with Crippen molar-refractivity contribution in [2.75, 3.05) is 6.61 Å². The van der Waals surface area contributed by atoms with E-state index < -0.39 is 0 Å². The lowest BCUT2D eigenvalue weighted by Gasteiger charge is -2.26. The zero-order valence-corrected chi connectivity index (χ0v) is 11.4. The van der Waals surface area contributed by atoms with Crippen LogP contribution in [0.15, 0.2) is 48.5 Å². The molecule has 0 heterocycles. The van der Waals surface area contributed by atoms with Crippen LogP contribution in [-0.2, 0) is 6.42 Å². The monoisotopic (exact) mass is 263 g/mol. The lowest BCUT2D eigenvalue weighted by atomic mass is 9.79. The summed E-state index contributed by atoms with van der Waals surface area (Å²) in [5, 5.41) is 8.52. The number of ether oxygens (including phenoxy) is 1. The second kappa shape index (κ2) is 5.79. The average Bonchev–Trinajstić information content (AvgIpc) is 2.53. The molecule has 0 amide bonds. The number of nitriles is 1. The van der Waals surface area contributed by atoms with Crippen LogP contribution in [0.4, 0.5) is 0 Å². The topological polar surface area (TPSA) is 33.0 Å². The number of benzene rings is 2. The van der Waals surface area contributed by atoms with Crippen LogP contribution < -0.4 is 4.74 Å². The minimum absolute atomic E-state index is 0.103. The third kappa shape index (κ3) is 2.53. The smallest absolute Gasteiger partial charge is 0.174 e. The van der Waals surface area contributed by atoms with E-state index in [1.54, 1.807) is 0 Å². The molecule has 1 atom stereocenters. The number of aryl methyl sites for hydroxylation is 1. The quantitative estimate of drug-likeness (QED) is 0.836. The molecular weight excluding hydrogens is 246 g/mol. The van der Waals surface area contributed by atoms with E-state index in [0.29, 0.717) is 5.92 Å². The van der Waals surface area contributed by atoms with Gasteiger partial charge >= 0.3 is 0 Å². The fourth-order valence-electron chi connectivity index (χ4n) is 3.01. The van der Waals surface area contributed by atoms with Crippen LogP contribution >= 0.6 is 0 Å². The lowest BCUT2D eigenvalue weighted by Crippen LogP contribution is -2.10. The van der Waals surface area contributed by atoms with Gasteiger partial charge in [-0.3, -0.25) is 0 Å². The standard InChI is InChI=1S/C18H17NO/c19-12-13-20-16-10-8-15(9-11-16)18-7-3-5-14-4-1-2-6-17(14)18/h1-2,4,6,8-11,18H,3,5,7,13H2/t18-/m1/s1. The highest BCUT2D eigenvalue weighted by Crippen LogP contribution is 2.36. The summed E-state index contributed by atoms with van der Waals surface area (Å²) < 4.78 is 5.31. The van der Waals surface area contributed by atoms with Gasteiger partial charge < -0.3 is 4.74 Å². The number of hydrogen-bond acceptors (Lipinski definition) is 2. The first kappa shape index (κ1) is 12.7. The molecule has 0 saturated carbocycles. The number of nitrogens with zero attached hydrogens (tertiary/aromatic N) is 1. The van der Waals surface area contributed by atoms with Gasteiger partial charge in [-0.05, 0) is 48.1 Å². The van der Waals surface area contributed by atoms with Crippen LogP contribution in [0, 0.1) is 11.3 Å². The van der Waals surface area contributed by atoms with Gasteiger partial charge in [-0.25, -0.2) is 0 Å². The molecule has 100 valence electrons. The highest BCUT2D eigenvalue weighted by molar-refractivity contribution is 5.41. The molecule has 0 aliphatic heterocycles. The predicted octanol–water partition coefficient (Wildman–Crippen LogP) is 4.06. The van der Waals surface area contributed by atoms with E-state index in [9.17, 15) is 0 Å². The van der Waals surface area contributed by atoms with Gasteiger partial charge in [0.25, 0.3) is 0 Å². The summed E-state index contributed by atoms with van der Waals surface area (Å²) >= 11 is 0. The Morgan fingerprint density at radius 3 is 2.70 bits per heavy atom. The molecular formula is C18H17NO. The van der Waals surface area contributed by atoms with Crippen LogP contribution in [0.5, 0.6) is 5.75 Å². The first-order valence-corrected chi connectivity index (χ1v) is 7.06. The maximum atomic E-state index is 8.52. The largest absolute Gasteiger partial charge is 0.479 e. The van der Waals surface area contributed by atoms with Crippen molar-refractivity contribution in [3.63, 3.8) is 0 Å². The van der Waals surface area contributed by atoms with E-state index in [1.807, 2.05) is 18.2 Å². The summed E-state index contributed by atoms with van der Waals surface area (Å²) in [4.78, 5) is 0. The fourth-order valence-corrected chi connectivity index (χ4v) is 3.01. The third-order valence-electron chi connectivity index (χ3n) is 3.96. The Kier molecular flexibility index (Phi) is 3.69. The molecule has 0 N–H and O–H groups in total. The van der Waals surface area contributed by atoms with Crippen molar-refractivity contribution in [2.24, 2.45) is 0 Å².